The van der Waals surface area contributed by atoms with Gasteiger partial charge in [-0.05, 0) is 13.3 Å². The second kappa shape index (κ2) is 5.95. The number of nitrogens with two attached hydrogens (primary N) is 1. The van der Waals surface area contributed by atoms with E-state index in [0.717, 1.165) is 6.42 Å². The average molecular weight is 204 g/mol. The van der Waals surface area contributed by atoms with Gasteiger partial charge in [0.15, 0.2) is 0 Å². The first-order valence-electron chi connectivity index (χ1n) is 4.79. The lowest BCUT2D eigenvalue weighted by Crippen LogP contribution is -2.55. The number of hydrogen-bond acceptors (Lipinski definition) is 4. The van der Waals surface area contributed by atoms with Crippen LogP contribution >= 0.6 is 0 Å². The molecule has 84 valence electrons. The largest absolute Gasteiger partial charge is 0.394 e. The summed E-state index contributed by atoms with van der Waals surface area (Å²) < 4.78 is 0. The summed E-state index contributed by atoms with van der Waals surface area (Å²) in [5.74, 6) is -0.340. The first-order valence-corrected chi connectivity index (χ1v) is 4.79. The minimum atomic E-state index is -0.933. The van der Waals surface area contributed by atoms with E-state index in [1.165, 1.54) is 0 Å². The maximum absolute atomic E-state index is 11.5. The number of carbonyl (C=O) groups is 1. The molecule has 0 aliphatic carbocycles. The number of hydrogen-bond donors (Lipinski definition) is 4. The van der Waals surface area contributed by atoms with Crippen LogP contribution in [0.25, 0.3) is 0 Å². The predicted octanol–water partition coefficient (Wildman–Crippen LogP) is -1.03. The third kappa shape index (κ3) is 4.04. The standard InChI is InChI=1S/C9H20N2O3/c1-3-4-9(2,10)8(14)11-7(5-12)6-13/h7,12-13H,3-6,10H2,1-2H3,(H,11,14). The van der Waals surface area contributed by atoms with Gasteiger partial charge in [0.1, 0.15) is 0 Å². The summed E-state index contributed by atoms with van der Waals surface area (Å²) in [5.41, 5.74) is 4.82. The molecule has 14 heavy (non-hydrogen) atoms. The van der Waals surface area contributed by atoms with Crippen molar-refractivity contribution in [2.24, 2.45) is 5.73 Å². The van der Waals surface area contributed by atoms with Crippen LogP contribution in [0.15, 0.2) is 0 Å². The fourth-order valence-electron chi connectivity index (χ4n) is 1.13. The maximum Gasteiger partial charge on any atom is 0.240 e. The molecule has 0 bridgehead atoms. The van der Waals surface area contributed by atoms with Gasteiger partial charge in [0.2, 0.25) is 5.91 Å². The Balaban J connectivity index is 4.17. The molecule has 0 aliphatic rings. The number of amides is 1. The molecule has 0 aromatic heterocycles. The normalized spacial score (nSPS) is 15.3. The van der Waals surface area contributed by atoms with Gasteiger partial charge in [0.05, 0.1) is 24.8 Å². The van der Waals surface area contributed by atoms with Crippen molar-refractivity contribution in [2.75, 3.05) is 13.2 Å². The van der Waals surface area contributed by atoms with Gasteiger partial charge in [-0.15, -0.1) is 0 Å². The minimum absolute atomic E-state index is 0.287. The van der Waals surface area contributed by atoms with Crippen molar-refractivity contribution in [3.8, 4) is 0 Å². The lowest BCUT2D eigenvalue weighted by molar-refractivity contribution is -0.127. The van der Waals surface area contributed by atoms with Crippen molar-refractivity contribution < 1.29 is 15.0 Å². The van der Waals surface area contributed by atoms with Crippen molar-refractivity contribution in [3.05, 3.63) is 0 Å². The summed E-state index contributed by atoms with van der Waals surface area (Å²) in [6, 6.07) is -0.623. The highest BCUT2D eigenvalue weighted by molar-refractivity contribution is 5.85. The fraction of sp³-hybridized carbons (Fsp3) is 0.889. The van der Waals surface area contributed by atoms with Crippen LogP contribution in [0.1, 0.15) is 26.7 Å². The molecule has 1 unspecified atom stereocenters. The van der Waals surface area contributed by atoms with E-state index in [1.807, 2.05) is 6.92 Å². The van der Waals surface area contributed by atoms with E-state index in [1.54, 1.807) is 6.92 Å². The van der Waals surface area contributed by atoms with Crippen LogP contribution in [0.4, 0.5) is 0 Å². The molecule has 0 saturated carbocycles. The zero-order chi connectivity index (χ0) is 11.2. The predicted molar refractivity (Wildman–Crippen MR) is 53.6 cm³/mol. The molecule has 0 aromatic rings. The first kappa shape index (κ1) is 13.4. The summed E-state index contributed by atoms with van der Waals surface area (Å²) in [7, 11) is 0. The van der Waals surface area contributed by atoms with Gasteiger partial charge in [-0.1, -0.05) is 13.3 Å². The van der Waals surface area contributed by atoms with E-state index in [9.17, 15) is 4.79 Å². The van der Waals surface area contributed by atoms with E-state index in [4.69, 9.17) is 15.9 Å². The molecule has 0 rings (SSSR count). The molecule has 5 N–H and O–H groups in total. The lowest BCUT2D eigenvalue weighted by Gasteiger charge is -2.25. The molecule has 1 atom stereocenters. The highest BCUT2D eigenvalue weighted by Crippen LogP contribution is 2.08. The van der Waals surface area contributed by atoms with Crippen LogP contribution in [0, 0.1) is 0 Å². The molecule has 0 heterocycles. The SMILES string of the molecule is CCCC(C)(N)C(=O)NC(CO)CO. The Morgan fingerprint density at radius 1 is 1.50 bits per heavy atom. The van der Waals surface area contributed by atoms with E-state index >= 15 is 0 Å². The highest BCUT2D eigenvalue weighted by atomic mass is 16.3. The third-order valence-corrected chi connectivity index (χ3v) is 2.06. The summed E-state index contributed by atoms with van der Waals surface area (Å²) in [6.07, 6.45) is 1.38. The van der Waals surface area contributed by atoms with Gasteiger partial charge in [-0.25, -0.2) is 0 Å². The van der Waals surface area contributed by atoms with Crippen molar-refractivity contribution in [3.63, 3.8) is 0 Å². The Bertz CT molecular complexity index is 179. The summed E-state index contributed by atoms with van der Waals surface area (Å²) in [4.78, 5) is 11.5. The van der Waals surface area contributed by atoms with Gasteiger partial charge in [0.25, 0.3) is 0 Å². The first-order chi connectivity index (χ1) is 6.47. The van der Waals surface area contributed by atoms with Gasteiger partial charge in [-0.3, -0.25) is 4.79 Å². The van der Waals surface area contributed by atoms with Gasteiger partial charge in [0, 0.05) is 0 Å². The highest BCUT2D eigenvalue weighted by Gasteiger charge is 2.28. The van der Waals surface area contributed by atoms with Gasteiger partial charge in [-0.2, -0.15) is 0 Å². The zero-order valence-electron chi connectivity index (χ0n) is 8.79. The second-order valence-electron chi connectivity index (χ2n) is 3.70. The maximum atomic E-state index is 11.5. The molecule has 0 saturated heterocycles. The van der Waals surface area contributed by atoms with Gasteiger partial charge >= 0.3 is 0 Å². The van der Waals surface area contributed by atoms with E-state index in [2.05, 4.69) is 5.32 Å². The van der Waals surface area contributed by atoms with Crippen LogP contribution in [-0.2, 0) is 4.79 Å². The average Bonchev–Trinajstić information content (AvgIpc) is 2.13. The topological polar surface area (TPSA) is 95.6 Å². The third-order valence-electron chi connectivity index (χ3n) is 2.06. The van der Waals surface area contributed by atoms with Gasteiger partial charge < -0.3 is 21.3 Å². The Morgan fingerprint density at radius 3 is 2.36 bits per heavy atom. The van der Waals surface area contributed by atoms with Crippen molar-refractivity contribution in [2.45, 2.75) is 38.3 Å². The zero-order valence-corrected chi connectivity index (χ0v) is 8.79. The Morgan fingerprint density at radius 2 is 2.00 bits per heavy atom. The molecule has 0 fully saturated rings. The molecule has 5 nitrogen and oxygen atoms in total. The summed E-state index contributed by atoms with van der Waals surface area (Å²) >= 11 is 0. The molecule has 0 aromatic carbocycles. The van der Waals surface area contributed by atoms with E-state index in [-0.39, 0.29) is 19.1 Å². The summed E-state index contributed by atoms with van der Waals surface area (Å²) in [6.45, 7) is 3.00. The number of carbonyl (C=O) groups excluding carboxylic acids is 1. The number of rotatable bonds is 6. The summed E-state index contributed by atoms with van der Waals surface area (Å²) in [5, 5.41) is 20.0. The lowest BCUT2D eigenvalue weighted by atomic mass is 9.96. The Labute approximate surface area is 84.3 Å². The molecule has 5 heteroatoms. The number of aliphatic hydroxyl groups excluding tert-OH is 2. The van der Waals surface area contributed by atoms with Crippen LogP contribution in [0.2, 0.25) is 0 Å². The fourth-order valence-corrected chi connectivity index (χ4v) is 1.13. The monoisotopic (exact) mass is 204 g/mol. The Kier molecular flexibility index (Phi) is 5.68. The number of nitrogens with one attached hydrogen (secondary N) is 1. The van der Waals surface area contributed by atoms with Crippen LogP contribution in [0.5, 0.6) is 0 Å². The van der Waals surface area contributed by atoms with E-state index < -0.39 is 11.6 Å². The van der Waals surface area contributed by atoms with Crippen molar-refractivity contribution in [1.82, 2.24) is 5.32 Å². The van der Waals surface area contributed by atoms with Crippen LogP contribution in [0.3, 0.4) is 0 Å². The van der Waals surface area contributed by atoms with Crippen LogP contribution in [-0.4, -0.2) is 40.9 Å². The van der Waals surface area contributed by atoms with E-state index in [0.29, 0.717) is 6.42 Å². The number of aliphatic hydroxyl groups is 2. The molecular formula is C9H20N2O3. The molecule has 1 amide bonds. The molecular weight excluding hydrogens is 184 g/mol. The molecule has 0 aliphatic heterocycles. The smallest absolute Gasteiger partial charge is 0.240 e. The van der Waals surface area contributed by atoms with Crippen molar-refractivity contribution in [1.29, 1.82) is 0 Å². The molecule has 0 radical (unpaired) electrons. The van der Waals surface area contributed by atoms with Crippen LogP contribution < -0.4 is 11.1 Å². The van der Waals surface area contributed by atoms with Crippen molar-refractivity contribution >= 4 is 5.91 Å². The Hall–Kier alpha value is -0.650. The minimum Gasteiger partial charge on any atom is -0.394 e. The second-order valence-corrected chi connectivity index (χ2v) is 3.70. The molecule has 0 spiro atoms. The quantitative estimate of drug-likeness (QED) is 0.445.